The van der Waals surface area contributed by atoms with Crippen LogP contribution < -0.4 is 10.2 Å². The summed E-state index contributed by atoms with van der Waals surface area (Å²) < 4.78 is 27.1. The molecule has 14 nitrogen and oxygen atoms in total. The molecule has 0 aromatic carbocycles. The van der Waals surface area contributed by atoms with E-state index in [4.69, 9.17) is 46.9 Å². The smallest absolute Gasteiger partial charge is 0.410 e. The van der Waals surface area contributed by atoms with Crippen molar-refractivity contribution in [1.29, 1.82) is 0 Å². The molecule has 1 aromatic rings. The number of aromatic nitrogens is 1. The van der Waals surface area contributed by atoms with Gasteiger partial charge in [0.15, 0.2) is 0 Å². The number of alkyl halides is 2. The van der Waals surface area contributed by atoms with Gasteiger partial charge in [-0.15, -0.1) is 0 Å². The minimum Gasteiger partial charge on any atom is -0.453 e. The minimum absolute atomic E-state index is 0.0423. The first-order valence-electron chi connectivity index (χ1n) is 15.7. The summed E-state index contributed by atoms with van der Waals surface area (Å²) in [6.45, 7) is 11.9. The Labute approximate surface area is 291 Å². The van der Waals surface area contributed by atoms with Gasteiger partial charge in [0.25, 0.3) is 0 Å². The molecule has 0 saturated carbocycles. The third-order valence-electron chi connectivity index (χ3n) is 7.83. The number of aliphatic imine (C=N–C) groups is 1. The van der Waals surface area contributed by atoms with Crippen molar-refractivity contribution in [3.63, 3.8) is 0 Å². The second kappa shape index (κ2) is 14.7. The van der Waals surface area contributed by atoms with Crippen molar-refractivity contribution in [3.8, 4) is 0 Å². The molecule has 48 heavy (non-hydrogen) atoms. The summed E-state index contributed by atoms with van der Waals surface area (Å²) in [6, 6.07) is 2.91. The van der Waals surface area contributed by atoms with Gasteiger partial charge in [0, 0.05) is 31.9 Å². The Bertz CT molecular complexity index is 1330. The summed E-state index contributed by atoms with van der Waals surface area (Å²) in [5.41, 5.74) is -0.508. The third kappa shape index (κ3) is 9.42. The quantitative estimate of drug-likeness (QED) is 0.115. The number of ether oxygens (including phenoxy) is 5. The molecule has 4 heterocycles. The van der Waals surface area contributed by atoms with Crippen LogP contribution in [-0.2, 0) is 23.7 Å². The monoisotopic (exact) mass is 712 g/mol. The topological polar surface area (TPSA) is 144 Å². The van der Waals surface area contributed by atoms with E-state index >= 15 is 0 Å². The highest BCUT2D eigenvalue weighted by atomic mass is 35.5. The molecule has 1 unspecified atom stereocenters. The number of rotatable bonds is 10. The molecule has 0 radical (unpaired) electrons. The van der Waals surface area contributed by atoms with Gasteiger partial charge < -0.3 is 38.4 Å². The zero-order valence-corrected chi connectivity index (χ0v) is 30.2. The number of nitrogens with zero attached hydrogens (tertiary/aromatic N) is 5. The summed E-state index contributed by atoms with van der Waals surface area (Å²) in [6.07, 6.45) is 4.80. The van der Waals surface area contributed by atoms with Crippen LogP contribution in [0.2, 0.25) is 0 Å². The second-order valence-corrected chi connectivity index (χ2v) is 15.1. The number of likely N-dealkylation sites (tertiary alicyclic amines) is 2. The van der Waals surface area contributed by atoms with Crippen molar-refractivity contribution in [2.45, 2.75) is 94.1 Å². The SMILES string of the molecule is COC(=O)NC(C1=CC(OC[C@@H]2CCN2C(=O)OC(C)(C)C)(OC[C@@H]2CCN2C(=O)OC(C)(C)C)C=NC1(Cl)Cl)N(C)c1cccnc1. The summed E-state index contributed by atoms with van der Waals surface area (Å²) in [5, 5.41) is 2.77. The number of halogens is 2. The highest BCUT2D eigenvalue weighted by Gasteiger charge is 2.47. The number of carbonyl (C=O) groups is 3. The molecule has 3 amide bonds. The van der Waals surface area contributed by atoms with Gasteiger partial charge in [-0.3, -0.25) is 10.3 Å². The molecular weight excluding hydrogens is 667 g/mol. The van der Waals surface area contributed by atoms with Crippen molar-refractivity contribution < 1.29 is 38.1 Å². The Balaban J connectivity index is 1.65. The number of amides is 3. The predicted molar refractivity (Wildman–Crippen MR) is 180 cm³/mol. The van der Waals surface area contributed by atoms with E-state index in [0.717, 1.165) is 0 Å². The number of anilines is 1. The Morgan fingerprint density at radius 2 is 1.54 bits per heavy atom. The lowest BCUT2D eigenvalue weighted by molar-refractivity contribution is -0.182. The number of alkyl carbamates (subject to hydrolysis) is 1. The highest BCUT2D eigenvalue weighted by Crippen LogP contribution is 2.41. The molecule has 4 rings (SSSR count). The first kappa shape index (κ1) is 37.5. The van der Waals surface area contributed by atoms with E-state index in [2.05, 4.69) is 15.3 Å². The van der Waals surface area contributed by atoms with Gasteiger partial charge in [-0.25, -0.2) is 19.4 Å². The lowest BCUT2D eigenvalue weighted by Crippen LogP contribution is -2.58. The number of dihydropyridines is 1. The van der Waals surface area contributed by atoms with Crippen LogP contribution in [0.5, 0.6) is 0 Å². The fourth-order valence-corrected chi connectivity index (χ4v) is 5.51. The molecule has 0 aliphatic carbocycles. The normalized spacial score (nSPS) is 22.0. The standard InChI is InChI=1S/C32H46Cl2N6O8/c1-29(2,3)47-27(42)39-14-11-22(39)18-45-31(46-19-23-12-15-40(23)28(43)48-30(4,5)6)16-24(32(33,34)36-20-31)25(37-26(41)44-8)38(7)21-10-9-13-35-17-21/h9-10,13,16-17,20,22-23,25H,11-12,14-15,18-19H2,1-8H3,(H,37,41)/t22-,23-,25?/m0/s1. The zero-order valence-electron chi connectivity index (χ0n) is 28.7. The van der Waals surface area contributed by atoms with Crippen LogP contribution in [0.1, 0.15) is 54.4 Å². The molecule has 16 heteroatoms. The fraction of sp³-hybridized carbons (Fsp3) is 0.656. The van der Waals surface area contributed by atoms with Gasteiger partial charge in [0.05, 0.1) is 50.5 Å². The average Bonchev–Trinajstić information content (AvgIpc) is 2.94. The maximum absolute atomic E-state index is 12.8. The summed E-state index contributed by atoms with van der Waals surface area (Å²) >= 11 is 13.6. The lowest BCUT2D eigenvalue weighted by Gasteiger charge is -2.45. The Morgan fingerprint density at radius 1 is 1.00 bits per heavy atom. The van der Waals surface area contributed by atoms with Crippen molar-refractivity contribution in [2.24, 2.45) is 4.99 Å². The number of carbonyl (C=O) groups excluding carboxylic acids is 3. The molecular formula is C32H46Cl2N6O8. The second-order valence-electron chi connectivity index (χ2n) is 13.8. The van der Waals surface area contributed by atoms with Crippen LogP contribution in [0.25, 0.3) is 0 Å². The molecule has 1 N–H and O–H groups in total. The molecule has 3 atom stereocenters. The predicted octanol–water partition coefficient (Wildman–Crippen LogP) is 5.09. The number of nitrogens with one attached hydrogen (secondary N) is 1. The van der Waals surface area contributed by atoms with E-state index < -0.39 is 45.9 Å². The van der Waals surface area contributed by atoms with E-state index in [-0.39, 0.29) is 30.9 Å². The van der Waals surface area contributed by atoms with Gasteiger partial charge >= 0.3 is 18.3 Å². The van der Waals surface area contributed by atoms with Crippen LogP contribution in [0, 0.1) is 0 Å². The van der Waals surface area contributed by atoms with Gasteiger partial charge in [0.1, 0.15) is 17.4 Å². The number of hydrogen-bond acceptors (Lipinski definition) is 11. The third-order valence-corrected chi connectivity index (χ3v) is 8.46. The van der Waals surface area contributed by atoms with Crippen LogP contribution in [0.3, 0.4) is 0 Å². The Morgan fingerprint density at radius 3 is 1.96 bits per heavy atom. The van der Waals surface area contributed by atoms with Crippen LogP contribution in [0.4, 0.5) is 20.1 Å². The molecule has 3 aliphatic rings. The Hall–Kier alpha value is -3.33. The van der Waals surface area contributed by atoms with Crippen molar-refractivity contribution >= 4 is 53.4 Å². The first-order valence-corrected chi connectivity index (χ1v) is 16.5. The minimum atomic E-state index is -1.86. The molecule has 1 aromatic heterocycles. The lowest BCUT2D eigenvalue weighted by atomic mass is 10.0. The number of hydrogen-bond donors (Lipinski definition) is 1. The van der Waals surface area contributed by atoms with Crippen molar-refractivity contribution in [2.75, 3.05) is 45.4 Å². The van der Waals surface area contributed by atoms with Gasteiger partial charge in [-0.05, 0) is 72.6 Å². The maximum atomic E-state index is 12.8. The summed E-state index contributed by atoms with van der Waals surface area (Å²) in [5.74, 6) is -1.67. The summed E-state index contributed by atoms with van der Waals surface area (Å²) in [7, 11) is 2.95. The van der Waals surface area contributed by atoms with Crippen LogP contribution in [0.15, 0.2) is 41.2 Å². The van der Waals surface area contributed by atoms with Crippen LogP contribution >= 0.6 is 23.2 Å². The van der Waals surface area contributed by atoms with E-state index in [0.29, 0.717) is 31.6 Å². The number of likely N-dealkylation sites (N-methyl/N-ethyl adjacent to an activating group) is 1. The first-order chi connectivity index (χ1) is 22.3. The largest absolute Gasteiger partial charge is 0.453 e. The molecule has 266 valence electrons. The number of pyridine rings is 1. The fourth-order valence-electron chi connectivity index (χ4n) is 5.10. The average molecular weight is 714 g/mol. The molecule has 0 bridgehead atoms. The molecule has 2 saturated heterocycles. The zero-order chi connectivity index (χ0) is 35.5. The van der Waals surface area contributed by atoms with Crippen molar-refractivity contribution in [3.05, 3.63) is 36.2 Å². The van der Waals surface area contributed by atoms with Crippen LogP contribution in [-0.4, -0.2) is 119 Å². The van der Waals surface area contributed by atoms with Gasteiger partial charge in [-0.2, -0.15) is 0 Å². The molecule has 3 aliphatic heterocycles. The van der Waals surface area contributed by atoms with E-state index in [1.165, 1.54) is 13.3 Å². The maximum Gasteiger partial charge on any atom is 0.410 e. The Kier molecular flexibility index (Phi) is 11.4. The summed E-state index contributed by atoms with van der Waals surface area (Å²) in [4.78, 5) is 51.8. The highest BCUT2D eigenvalue weighted by molar-refractivity contribution is 6.50. The molecule has 0 spiro atoms. The van der Waals surface area contributed by atoms with E-state index in [9.17, 15) is 14.4 Å². The molecule has 2 fully saturated rings. The van der Waals surface area contributed by atoms with E-state index in [1.807, 2.05) is 0 Å². The van der Waals surface area contributed by atoms with Gasteiger partial charge in [0.2, 0.25) is 10.2 Å². The van der Waals surface area contributed by atoms with Gasteiger partial charge in [-0.1, -0.05) is 23.2 Å². The van der Waals surface area contributed by atoms with E-state index in [1.54, 1.807) is 93.9 Å². The van der Waals surface area contributed by atoms with Crippen molar-refractivity contribution in [1.82, 2.24) is 20.1 Å². The number of methoxy groups -OCH3 is 1.